The fraction of sp³-hybridized carbons (Fsp3) is 0.267. The maximum Gasteiger partial charge on any atom is 0.269 e. The smallest absolute Gasteiger partial charge is 0.269 e. The molecule has 1 fully saturated rings. The Hall–Kier alpha value is -2.41. The highest BCUT2D eigenvalue weighted by molar-refractivity contribution is 6.34. The molecule has 0 aliphatic carbocycles. The zero-order chi connectivity index (χ0) is 16.3. The number of carbonyl (C=O) groups is 2. The molecule has 1 aromatic heterocycles. The lowest BCUT2D eigenvalue weighted by molar-refractivity contribution is 0.0735. The molecular weight excluding hydrogens is 323 g/mol. The number of amides is 2. The monoisotopic (exact) mass is 334 g/mol. The van der Waals surface area contributed by atoms with Gasteiger partial charge in [-0.1, -0.05) is 11.6 Å². The lowest BCUT2D eigenvalue weighted by atomic mass is 10.1. The lowest BCUT2D eigenvalue weighted by Gasteiger charge is -2.22. The second kappa shape index (κ2) is 4.79. The van der Waals surface area contributed by atoms with Gasteiger partial charge in [-0.15, -0.1) is 0 Å². The van der Waals surface area contributed by atoms with Gasteiger partial charge in [0.05, 0.1) is 28.0 Å². The number of aromatic nitrogens is 2. The van der Waals surface area contributed by atoms with E-state index in [2.05, 4.69) is 4.98 Å². The third-order valence-corrected chi connectivity index (χ3v) is 4.78. The van der Waals surface area contributed by atoms with Crippen LogP contribution in [0.4, 0.5) is 4.39 Å². The van der Waals surface area contributed by atoms with Gasteiger partial charge in [-0.2, -0.15) is 0 Å². The van der Waals surface area contributed by atoms with Gasteiger partial charge in [-0.25, -0.2) is 9.37 Å². The third kappa shape index (κ3) is 1.83. The second-order valence-corrected chi connectivity index (χ2v) is 6.00. The quantitative estimate of drug-likeness (QED) is 0.866. The van der Waals surface area contributed by atoms with Crippen molar-refractivity contribution in [3.05, 3.63) is 46.3 Å². The van der Waals surface area contributed by atoms with Crippen molar-refractivity contribution in [3.8, 4) is 5.69 Å². The van der Waals surface area contributed by atoms with Crippen LogP contribution < -0.4 is 5.73 Å². The molecule has 2 aliphatic heterocycles. The number of imidazole rings is 1. The zero-order valence-corrected chi connectivity index (χ0v) is 12.7. The van der Waals surface area contributed by atoms with E-state index < -0.39 is 11.7 Å². The van der Waals surface area contributed by atoms with Gasteiger partial charge >= 0.3 is 0 Å². The molecule has 2 aromatic rings. The Morgan fingerprint density at radius 2 is 2.22 bits per heavy atom. The fourth-order valence-corrected chi connectivity index (χ4v) is 3.68. The van der Waals surface area contributed by atoms with E-state index in [9.17, 15) is 14.0 Å². The molecule has 118 valence electrons. The Kier molecular flexibility index (Phi) is 2.96. The first-order valence-corrected chi connectivity index (χ1v) is 7.55. The Morgan fingerprint density at radius 1 is 1.43 bits per heavy atom. The molecule has 0 radical (unpaired) electrons. The van der Waals surface area contributed by atoms with Gasteiger partial charge < -0.3 is 10.6 Å². The van der Waals surface area contributed by atoms with E-state index in [4.69, 9.17) is 17.3 Å². The molecule has 4 rings (SSSR count). The summed E-state index contributed by atoms with van der Waals surface area (Å²) in [6.45, 7) is 0.513. The standard InChI is InChI=1S/C15H12ClFN4O2/c16-11-7(17)3-4-8-10(11)15(23)20-5-1-2-9(20)13-12(14(18)22)19-6-21(8)13/h3-4,6,9H,1-2,5H2,(H2,18,22)/t9-/m0/s1. The minimum absolute atomic E-state index is 0.0886. The van der Waals surface area contributed by atoms with Crippen LogP contribution in [0.25, 0.3) is 5.69 Å². The van der Waals surface area contributed by atoms with Crippen molar-refractivity contribution < 1.29 is 14.0 Å². The van der Waals surface area contributed by atoms with Gasteiger partial charge in [0.1, 0.15) is 12.1 Å². The van der Waals surface area contributed by atoms with Gasteiger partial charge in [0, 0.05) is 6.54 Å². The van der Waals surface area contributed by atoms with Gasteiger partial charge in [0.2, 0.25) is 0 Å². The molecule has 1 aromatic carbocycles. The summed E-state index contributed by atoms with van der Waals surface area (Å²) >= 11 is 6.06. The highest BCUT2D eigenvalue weighted by atomic mass is 35.5. The van der Waals surface area contributed by atoms with Crippen LogP contribution in [0.5, 0.6) is 0 Å². The number of fused-ring (bicyclic) bond motifs is 5. The van der Waals surface area contributed by atoms with Crippen molar-refractivity contribution in [2.24, 2.45) is 5.73 Å². The fourth-order valence-electron chi connectivity index (χ4n) is 3.44. The normalized spacial score (nSPS) is 19.1. The van der Waals surface area contributed by atoms with Crippen LogP contribution in [0.3, 0.4) is 0 Å². The summed E-state index contributed by atoms with van der Waals surface area (Å²) in [6, 6.07) is 2.34. The molecular formula is C15H12ClFN4O2. The summed E-state index contributed by atoms with van der Waals surface area (Å²) in [4.78, 5) is 30.3. The molecule has 0 unspecified atom stereocenters. The Bertz CT molecular complexity index is 863. The number of hydrogen-bond acceptors (Lipinski definition) is 3. The molecule has 0 saturated carbocycles. The van der Waals surface area contributed by atoms with E-state index in [-0.39, 0.29) is 28.2 Å². The Labute approximate surface area is 135 Å². The molecule has 0 spiro atoms. The van der Waals surface area contributed by atoms with Gasteiger partial charge in [-0.3, -0.25) is 14.2 Å². The zero-order valence-electron chi connectivity index (χ0n) is 11.9. The number of halogens is 2. The maximum absolute atomic E-state index is 13.9. The lowest BCUT2D eigenvalue weighted by Crippen LogP contribution is -2.31. The third-order valence-electron chi connectivity index (χ3n) is 4.41. The van der Waals surface area contributed by atoms with Gasteiger partial charge in [0.15, 0.2) is 5.69 Å². The average molecular weight is 335 g/mol. The maximum atomic E-state index is 13.9. The summed E-state index contributed by atoms with van der Waals surface area (Å²) in [6.07, 6.45) is 2.89. The summed E-state index contributed by atoms with van der Waals surface area (Å²) < 4.78 is 15.5. The molecule has 3 heterocycles. The first kappa shape index (κ1) is 14.2. The van der Waals surface area contributed by atoms with E-state index in [1.165, 1.54) is 18.5 Å². The van der Waals surface area contributed by atoms with Crippen molar-refractivity contribution >= 4 is 23.4 Å². The van der Waals surface area contributed by atoms with E-state index >= 15 is 0 Å². The van der Waals surface area contributed by atoms with E-state index in [0.29, 0.717) is 24.3 Å². The van der Waals surface area contributed by atoms with Crippen molar-refractivity contribution in [3.63, 3.8) is 0 Å². The topological polar surface area (TPSA) is 81.2 Å². The second-order valence-electron chi connectivity index (χ2n) is 5.62. The number of rotatable bonds is 1. The summed E-state index contributed by atoms with van der Waals surface area (Å²) in [5, 5.41) is -0.222. The van der Waals surface area contributed by atoms with Crippen molar-refractivity contribution in [2.45, 2.75) is 18.9 Å². The van der Waals surface area contributed by atoms with Crippen LogP contribution in [-0.2, 0) is 0 Å². The number of nitrogens with zero attached hydrogens (tertiary/aromatic N) is 3. The molecule has 2 N–H and O–H groups in total. The highest BCUT2D eigenvalue weighted by Gasteiger charge is 2.40. The minimum Gasteiger partial charge on any atom is -0.364 e. The number of nitrogens with two attached hydrogens (primary N) is 1. The van der Waals surface area contributed by atoms with Gasteiger partial charge in [0.25, 0.3) is 11.8 Å². The molecule has 8 heteroatoms. The summed E-state index contributed by atoms with van der Waals surface area (Å²) in [5.74, 6) is -1.66. The molecule has 6 nitrogen and oxygen atoms in total. The number of benzene rings is 1. The van der Waals surface area contributed by atoms with E-state index in [1.54, 1.807) is 9.47 Å². The molecule has 2 amide bonds. The Balaban J connectivity index is 2.08. The largest absolute Gasteiger partial charge is 0.364 e. The molecule has 1 atom stereocenters. The minimum atomic E-state index is -0.659. The molecule has 2 aliphatic rings. The van der Waals surface area contributed by atoms with Gasteiger partial charge in [-0.05, 0) is 25.0 Å². The highest BCUT2D eigenvalue weighted by Crippen LogP contribution is 2.41. The van der Waals surface area contributed by atoms with Crippen LogP contribution in [0, 0.1) is 5.82 Å². The molecule has 1 saturated heterocycles. The van der Waals surface area contributed by atoms with Crippen LogP contribution in [-0.4, -0.2) is 32.8 Å². The average Bonchev–Trinajstić information content (AvgIpc) is 3.12. The van der Waals surface area contributed by atoms with Crippen molar-refractivity contribution in [1.82, 2.24) is 14.5 Å². The predicted octanol–water partition coefficient (Wildman–Crippen LogP) is 2.05. The first-order valence-electron chi connectivity index (χ1n) is 7.17. The van der Waals surface area contributed by atoms with E-state index in [1.807, 2.05) is 0 Å². The first-order chi connectivity index (χ1) is 11.0. The SMILES string of the molecule is NC(=O)c1ncn2c1[C@@H]1CCCN1C(=O)c1c-2ccc(F)c1Cl. The van der Waals surface area contributed by atoms with Crippen LogP contribution in [0.1, 0.15) is 45.4 Å². The van der Waals surface area contributed by atoms with Crippen molar-refractivity contribution in [2.75, 3.05) is 6.54 Å². The predicted molar refractivity (Wildman–Crippen MR) is 80.1 cm³/mol. The summed E-state index contributed by atoms with van der Waals surface area (Å²) in [7, 11) is 0. The van der Waals surface area contributed by atoms with Crippen LogP contribution in [0.15, 0.2) is 18.5 Å². The Morgan fingerprint density at radius 3 is 2.96 bits per heavy atom. The number of carbonyl (C=O) groups excluding carboxylic acids is 2. The molecule has 23 heavy (non-hydrogen) atoms. The molecule has 0 bridgehead atoms. The van der Waals surface area contributed by atoms with Crippen LogP contribution in [0.2, 0.25) is 5.02 Å². The number of hydrogen-bond donors (Lipinski definition) is 1. The van der Waals surface area contributed by atoms with E-state index in [0.717, 1.165) is 6.42 Å². The van der Waals surface area contributed by atoms with Crippen molar-refractivity contribution in [1.29, 1.82) is 0 Å². The van der Waals surface area contributed by atoms with Crippen LogP contribution >= 0.6 is 11.6 Å². The number of primary amides is 1. The summed E-state index contributed by atoms with van der Waals surface area (Å²) in [5.41, 5.74) is 6.60.